The number of carboxylic acid groups (broad SMARTS) is 4. The minimum atomic E-state index is -1.94. The Morgan fingerprint density at radius 2 is 0.621 bits per heavy atom. The fourth-order valence-electron chi connectivity index (χ4n) is 5.30. The standard InChI is InChI=1S/C35H58N8O15/c1-5-8-11-18(30(53)41-21(29(36)52)14-25(44)45)39-34(57)23(16-27(48)49)43-32(55)20(13-10-7-3)40-35(58)24(17-28(50)51)42-31(54)19(12-9-6-2)38-33(56)22(37-4)15-26(46)47/h18-24,37H,5-17H2,1-4H3,(H2,36,52)(H,38,56)(H,39,57)(H,40,58)(H,41,53)(H,42,54)(H,43,55)(H,44,45)(H,46,47)(H,48,49)(H,50,51)/p-4/t18?,19?,20?,21-,22-,23-,24-/m0/s1. The molecule has 0 saturated heterocycles. The molecule has 7 amide bonds. The van der Waals surface area contributed by atoms with Gasteiger partial charge in [0.1, 0.15) is 36.3 Å². The van der Waals surface area contributed by atoms with Crippen molar-refractivity contribution in [2.45, 2.75) is 147 Å². The molecule has 328 valence electrons. The van der Waals surface area contributed by atoms with E-state index >= 15 is 0 Å². The molecule has 3 unspecified atom stereocenters. The Morgan fingerprint density at radius 3 is 0.879 bits per heavy atom. The number of rotatable bonds is 31. The Labute approximate surface area is 334 Å². The minimum absolute atomic E-state index is 0.00852. The summed E-state index contributed by atoms with van der Waals surface area (Å²) >= 11 is 0. The number of likely N-dealkylation sites (N-methyl/N-ethyl adjacent to an activating group) is 1. The first-order valence-corrected chi connectivity index (χ1v) is 18.8. The van der Waals surface area contributed by atoms with E-state index in [1.807, 2.05) is 0 Å². The average molecular weight is 827 g/mol. The fourth-order valence-corrected chi connectivity index (χ4v) is 5.30. The quantitative estimate of drug-likeness (QED) is 0.0322. The normalized spacial score (nSPS) is 14.4. The molecule has 9 N–H and O–H groups in total. The molecule has 7 atom stereocenters. The summed E-state index contributed by atoms with van der Waals surface area (Å²) in [6.45, 7) is 5.22. The number of nitrogens with two attached hydrogens (primary N) is 1. The van der Waals surface area contributed by atoms with Crippen molar-refractivity contribution in [1.29, 1.82) is 0 Å². The average Bonchev–Trinajstić information content (AvgIpc) is 3.13. The first-order valence-electron chi connectivity index (χ1n) is 18.8. The van der Waals surface area contributed by atoms with Crippen molar-refractivity contribution in [1.82, 2.24) is 37.2 Å². The van der Waals surface area contributed by atoms with Crippen LogP contribution < -0.4 is 63.4 Å². The monoisotopic (exact) mass is 826 g/mol. The summed E-state index contributed by atoms with van der Waals surface area (Å²) in [5, 5.41) is 61.2. The van der Waals surface area contributed by atoms with Gasteiger partial charge < -0.3 is 82.6 Å². The molecule has 0 rings (SSSR count). The third kappa shape index (κ3) is 20.9. The van der Waals surface area contributed by atoms with Gasteiger partial charge in [-0.2, -0.15) is 0 Å². The van der Waals surface area contributed by atoms with Crippen LogP contribution in [0.15, 0.2) is 0 Å². The minimum Gasteiger partial charge on any atom is -0.550 e. The maximum absolute atomic E-state index is 13.6. The Hall–Kier alpha value is -5.87. The molecule has 0 aromatic carbocycles. The Balaban J connectivity index is 6.36. The molecule has 0 aromatic heterocycles. The van der Waals surface area contributed by atoms with E-state index in [2.05, 4.69) is 37.2 Å². The summed E-state index contributed by atoms with van der Waals surface area (Å²) in [5.74, 6) is -14.7. The van der Waals surface area contributed by atoms with Gasteiger partial charge in [0.15, 0.2) is 0 Å². The smallest absolute Gasteiger partial charge is 0.243 e. The number of hydrogen-bond acceptors (Lipinski definition) is 16. The molecule has 0 bridgehead atoms. The summed E-state index contributed by atoms with van der Waals surface area (Å²) in [7, 11) is 1.29. The van der Waals surface area contributed by atoms with Gasteiger partial charge in [-0.3, -0.25) is 33.6 Å². The lowest BCUT2D eigenvalue weighted by atomic mass is 10.0. The molecular formula is C35H54N8O15-4. The molecular weight excluding hydrogens is 772 g/mol. The van der Waals surface area contributed by atoms with E-state index < -0.39 is 133 Å². The second kappa shape index (κ2) is 27.7. The van der Waals surface area contributed by atoms with Crippen molar-refractivity contribution < 1.29 is 73.2 Å². The summed E-state index contributed by atoms with van der Waals surface area (Å²) in [4.78, 5) is 137. The zero-order valence-corrected chi connectivity index (χ0v) is 32.9. The number of carbonyl (C=O) groups excluding carboxylic acids is 11. The van der Waals surface area contributed by atoms with E-state index in [0.717, 1.165) is 0 Å². The molecule has 23 heteroatoms. The van der Waals surface area contributed by atoms with E-state index in [-0.39, 0.29) is 25.7 Å². The SMILES string of the molecule is CCCCC(NC(=O)[C@H](CC(=O)[O-])NC)C(=O)N[C@@H](CC(=O)[O-])C(=O)NC(CCCC)C(=O)N[C@@H](CC(=O)[O-])C(=O)NC(CCCC)C(=O)N[C@@H](CC(=O)[O-])C(N)=O. The number of unbranched alkanes of at least 4 members (excludes halogenated alkanes) is 3. The summed E-state index contributed by atoms with van der Waals surface area (Å²) in [6.07, 6.45) is -1.84. The molecule has 0 aliphatic rings. The van der Waals surface area contributed by atoms with Gasteiger partial charge in [0.05, 0.1) is 6.04 Å². The highest BCUT2D eigenvalue weighted by molar-refractivity contribution is 5.99. The second-order valence-electron chi connectivity index (χ2n) is 13.3. The number of hydrogen-bond donors (Lipinski definition) is 8. The van der Waals surface area contributed by atoms with Crippen LogP contribution in [0.4, 0.5) is 0 Å². The van der Waals surface area contributed by atoms with Crippen LogP contribution >= 0.6 is 0 Å². The number of amides is 7. The second-order valence-corrected chi connectivity index (χ2v) is 13.3. The highest BCUT2D eigenvalue weighted by atomic mass is 16.4. The van der Waals surface area contributed by atoms with Crippen molar-refractivity contribution in [3.05, 3.63) is 0 Å². The van der Waals surface area contributed by atoms with Crippen LogP contribution in [0.1, 0.15) is 104 Å². The largest absolute Gasteiger partial charge is 0.550 e. The first kappa shape index (κ1) is 52.1. The van der Waals surface area contributed by atoms with Gasteiger partial charge in [-0.25, -0.2) is 0 Å². The lowest BCUT2D eigenvalue weighted by Crippen LogP contribution is -2.61. The predicted molar refractivity (Wildman–Crippen MR) is 191 cm³/mol. The zero-order valence-electron chi connectivity index (χ0n) is 32.9. The van der Waals surface area contributed by atoms with Gasteiger partial charge in [-0.15, -0.1) is 0 Å². The number of primary amides is 1. The van der Waals surface area contributed by atoms with Gasteiger partial charge in [0, 0.05) is 49.6 Å². The molecule has 0 spiro atoms. The van der Waals surface area contributed by atoms with Gasteiger partial charge in [0.25, 0.3) is 0 Å². The van der Waals surface area contributed by atoms with Crippen LogP contribution in [-0.2, 0) is 52.7 Å². The highest BCUT2D eigenvalue weighted by Crippen LogP contribution is 2.09. The van der Waals surface area contributed by atoms with E-state index in [0.29, 0.717) is 32.1 Å². The summed E-state index contributed by atoms with van der Waals surface area (Å²) in [5.41, 5.74) is 5.16. The van der Waals surface area contributed by atoms with Crippen LogP contribution in [0, 0.1) is 0 Å². The van der Waals surface area contributed by atoms with Crippen LogP contribution in [0.5, 0.6) is 0 Å². The number of aliphatic carboxylic acids is 4. The maximum atomic E-state index is 13.6. The molecule has 58 heavy (non-hydrogen) atoms. The van der Waals surface area contributed by atoms with Crippen molar-refractivity contribution in [2.24, 2.45) is 5.73 Å². The highest BCUT2D eigenvalue weighted by Gasteiger charge is 2.33. The molecule has 23 nitrogen and oxygen atoms in total. The maximum Gasteiger partial charge on any atom is 0.243 e. The van der Waals surface area contributed by atoms with Crippen LogP contribution in [0.25, 0.3) is 0 Å². The molecule has 0 fully saturated rings. The van der Waals surface area contributed by atoms with E-state index in [1.54, 1.807) is 20.8 Å². The molecule has 0 aliphatic heterocycles. The van der Waals surface area contributed by atoms with Crippen molar-refractivity contribution in [3.8, 4) is 0 Å². The molecule has 0 radical (unpaired) electrons. The summed E-state index contributed by atoms with van der Waals surface area (Å²) in [6, 6.07) is -11.3. The van der Waals surface area contributed by atoms with E-state index in [1.165, 1.54) is 7.05 Å². The van der Waals surface area contributed by atoms with Gasteiger partial charge in [0.2, 0.25) is 41.4 Å². The van der Waals surface area contributed by atoms with Gasteiger partial charge >= 0.3 is 0 Å². The number of carbonyl (C=O) groups is 11. The molecule has 0 aliphatic carbocycles. The van der Waals surface area contributed by atoms with Crippen LogP contribution in [-0.4, -0.2) is 115 Å². The van der Waals surface area contributed by atoms with Gasteiger partial charge in [-0.1, -0.05) is 59.3 Å². The lowest BCUT2D eigenvalue weighted by molar-refractivity contribution is -0.307. The topological polar surface area (TPSA) is 390 Å². The van der Waals surface area contributed by atoms with Crippen LogP contribution in [0.2, 0.25) is 0 Å². The molecule has 0 saturated carbocycles. The van der Waals surface area contributed by atoms with Gasteiger partial charge in [-0.05, 0) is 26.3 Å². The Kier molecular flexibility index (Phi) is 24.9. The predicted octanol–water partition coefficient (Wildman–Crippen LogP) is -7.90. The number of nitrogens with one attached hydrogen (secondary N) is 7. The first-order chi connectivity index (χ1) is 27.2. The zero-order chi connectivity index (χ0) is 44.5. The van der Waals surface area contributed by atoms with Crippen molar-refractivity contribution >= 4 is 65.2 Å². The van der Waals surface area contributed by atoms with Crippen molar-refractivity contribution in [2.75, 3.05) is 7.05 Å². The lowest BCUT2D eigenvalue weighted by Gasteiger charge is -2.28. The Morgan fingerprint density at radius 1 is 0.397 bits per heavy atom. The Bertz CT molecular complexity index is 1480. The molecule has 0 aromatic rings. The number of carboxylic acids is 4. The molecule has 0 heterocycles. The third-order valence-electron chi connectivity index (χ3n) is 8.51. The third-order valence-corrected chi connectivity index (χ3v) is 8.51. The fraction of sp³-hybridized carbons (Fsp3) is 0.686. The van der Waals surface area contributed by atoms with E-state index in [4.69, 9.17) is 5.73 Å². The van der Waals surface area contributed by atoms with Crippen LogP contribution in [0.3, 0.4) is 0 Å². The summed E-state index contributed by atoms with van der Waals surface area (Å²) < 4.78 is 0. The van der Waals surface area contributed by atoms with Crippen molar-refractivity contribution in [3.63, 3.8) is 0 Å². The van der Waals surface area contributed by atoms with E-state index in [9.17, 15) is 73.2 Å².